The van der Waals surface area contributed by atoms with Crippen LogP contribution in [0.1, 0.15) is 25.5 Å². The lowest BCUT2D eigenvalue weighted by Crippen LogP contribution is -2.91. The monoisotopic (exact) mass is 344 g/mol. The fourth-order valence-electron chi connectivity index (χ4n) is 2.54. The third-order valence-electron chi connectivity index (χ3n) is 3.97. The average molecular weight is 344 g/mol. The van der Waals surface area contributed by atoms with Crippen LogP contribution in [-0.4, -0.2) is 24.0 Å². The number of methoxy groups -OCH3 is 1. The van der Waals surface area contributed by atoms with E-state index in [-0.39, 0.29) is 29.4 Å². The lowest BCUT2D eigenvalue weighted by Gasteiger charge is -2.17. The molecule has 2 rings (SSSR count). The normalized spacial score (nSPS) is 12.9. The SMILES string of the molecule is COc1ccc([N+](=O)[O-])cc1NC(=O)[C@@H](C)[NH2+][C@H](C)c1ccccc1. The molecule has 25 heavy (non-hydrogen) atoms. The third kappa shape index (κ3) is 4.77. The molecule has 132 valence electrons. The van der Waals surface area contributed by atoms with Gasteiger partial charge in [0.15, 0.2) is 6.04 Å². The van der Waals surface area contributed by atoms with E-state index in [2.05, 4.69) is 5.32 Å². The summed E-state index contributed by atoms with van der Waals surface area (Å²) in [5.74, 6) is 0.129. The molecule has 3 N–H and O–H groups in total. The molecule has 0 aromatic heterocycles. The summed E-state index contributed by atoms with van der Waals surface area (Å²) < 4.78 is 5.16. The maximum absolute atomic E-state index is 12.5. The molecule has 0 aliphatic rings. The van der Waals surface area contributed by atoms with Gasteiger partial charge in [0.2, 0.25) is 0 Å². The van der Waals surface area contributed by atoms with Crippen LogP contribution in [0.3, 0.4) is 0 Å². The van der Waals surface area contributed by atoms with Gasteiger partial charge in [-0.15, -0.1) is 0 Å². The van der Waals surface area contributed by atoms with Crippen molar-refractivity contribution < 1.29 is 19.8 Å². The van der Waals surface area contributed by atoms with Crippen LogP contribution >= 0.6 is 0 Å². The first-order valence-electron chi connectivity index (χ1n) is 7.95. The number of non-ortho nitro benzene ring substituents is 1. The molecule has 0 saturated carbocycles. The van der Waals surface area contributed by atoms with E-state index in [1.54, 1.807) is 6.92 Å². The van der Waals surface area contributed by atoms with Crippen LogP contribution in [0, 0.1) is 10.1 Å². The van der Waals surface area contributed by atoms with Crippen molar-refractivity contribution in [3.63, 3.8) is 0 Å². The summed E-state index contributed by atoms with van der Waals surface area (Å²) in [5.41, 5.74) is 1.30. The van der Waals surface area contributed by atoms with Crippen molar-refractivity contribution in [3.8, 4) is 5.75 Å². The van der Waals surface area contributed by atoms with E-state index in [9.17, 15) is 14.9 Å². The van der Waals surface area contributed by atoms with Crippen molar-refractivity contribution >= 4 is 17.3 Å². The van der Waals surface area contributed by atoms with Gasteiger partial charge in [-0.25, -0.2) is 0 Å². The third-order valence-corrected chi connectivity index (χ3v) is 3.97. The molecule has 0 unspecified atom stereocenters. The molecule has 0 saturated heterocycles. The Morgan fingerprint density at radius 2 is 1.88 bits per heavy atom. The van der Waals surface area contributed by atoms with Crippen LogP contribution in [0.5, 0.6) is 5.75 Å². The van der Waals surface area contributed by atoms with Crippen LogP contribution in [0.15, 0.2) is 48.5 Å². The number of carbonyl (C=O) groups is 1. The van der Waals surface area contributed by atoms with Crippen molar-refractivity contribution in [2.75, 3.05) is 12.4 Å². The van der Waals surface area contributed by atoms with Crippen molar-refractivity contribution in [1.82, 2.24) is 0 Å². The number of nitrogens with one attached hydrogen (secondary N) is 1. The Labute approximate surface area is 146 Å². The largest absolute Gasteiger partial charge is 0.495 e. The van der Waals surface area contributed by atoms with Crippen LogP contribution < -0.4 is 15.4 Å². The predicted octanol–water partition coefficient (Wildman–Crippen LogP) is 2.25. The van der Waals surface area contributed by atoms with Gasteiger partial charge in [-0.2, -0.15) is 0 Å². The van der Waals surface area contributed by atoms with Crippen LogP contribution in [0.4, 0.5) is 11.4 Å². The summed E-state index contributed by atoms with van der Waals surface area (Å²) in [5, 5.41) is 15.6. The molecular weight excluding hydrogens is 322 g/mol. The number of anilines is 1. The van der Waals surface area contributed by atoms with Crippen molar-refractivity contribution in [2.24, 2.45) is 0 Å². The minimum absolute atomic E-state index is 0.106. The van der Waals surface area contributed by atoms with Gasteiger partial charge in [0.1, 0.15) is 11.8 Å². The summed E-state index contributed by atoms with van der Waals surface area (Å²) in [6.45, 7) is 3.81. The summed E-state index contributed by atoms with van der Waals surface area (Å²) >= 11 is 0. The molecule has 2 atom stereocenters. The highest BCUT2D eigenvalue weighted by molar-refractivity contribution is 5.95. The minimum atomic E-state index is -0.512. The molecule has 0 aliphatic heterocycles. The number of rotatable bonds is 7. The van der Waals surface area contributed by atoms with Gasteiger partial charge in [-0.1, -0.05) is 30.3 Å². The molecule has 0 aliphatic carbocycles. The van der Waals surface area contributed by atoms with E-state index in [0.717, 1.165) is 5.56 Å². The Kier molecular flexibility index (Phi) is 6.08. The van der Waals surface area contributed by atoms with Crippen molar-refractivity contribution in [3.05, 3.63) is 64.2 Å². The number of quaternary nitrogens is 1. The number of nitrogens with two attached hydrogens (primary N) is 1. The Balaban J connectivity index is 2.08. The second-order valence-corrected chi connectivity index (χ2v) is 5.81. The van der Waals surface area contributed by atoms with Crippen molar-refractivity contribution in [2.45, 2.75) is 25.9 Å². The smallest absolute Gasteiger partial charge is 0.282 e. The maximum Gasteiger partial charge on any atom is 0.282 e. The van der Waals surface area contributed by atoms with E-state index in [0.29, 0.717) is 5.75 Å². The van der Waals surface area contributed by atoms with Crippen LogP contribution in [-0.2, 0) is 4.79 Å². The van der Waals surface area contributed by atoms with Crippen LogP contribution in [0.25, 0.3) is 0 Å². The quantitative estimate of drug-likeness (QED) is 0.594. The molecule has 1 amide bonds. The number of carbonyl (C=O) groups excluding carboxylic acids is 1. The lowest BCUT2D eigenvalue weighted by molar-refractivity contribution is -0.709. The Morgan fingerprint density at radius 3 is 2.48 bits per heavy atom. The van der Waals surface area contributed by atoms with Crippen LogP contribution in [0.2, 0.25) is 0 Å². The molecule has 2 aromatic carbocycles. The molecule has 0 heterocycles. The van der Waals surface area contributed by atoms with Gasteiger partial charge in [0.25, 0.3) is 11.6 Å². The van der Waals surface area contributed by atoms with Gasteiger partial charge >= 0.3 is 0 Å². The minimum Gasteiger partial charge on any atom is -0.495 e. The number of amides is 1. The van der Waals surface area contributed by atoms with Gasteiger partial charge in [-0.3, -0.25) is 14.9 Å². The van der Waals surface area contributed by atoms with Gasteiger partial charge < -0.3 is 15.4 Å². The first-order valence-corrected chi connectivity index (χ1v) is 7.95. The highest BCUT2D eigenvalue weighted by Crippen LogP contribution is 2.28. The highest BCUT2D eigenvalue weighted by Gasteiger charge is 2.22. The fraction of sp³-hybridized carbons (Fsp3) is 0.278. The number of nitro groups is 1. The average Bonchev–Trinajstić information content (AvgIpc) is 2.62. The number of benzene rings is 2. The van der Waals surface area contributed by atoms with Crippen molar-refractivity contribution in [1.29, 1.82) is 0 Å². The topological polar surface area (TPSA) is 98.1 Å². The Morgan fingerprint density at radius 1 is 1.20 bits per heavy atom. The zero-order valence-electron chi connectivity index (χ0n) is 14.4. The lowest BCUT2D eigenvalue weighted by atomic mass is 10.1. The first-order chi connectivity index (χ1) is 11.9. The number of hydrogen-bond acceptors (Lipinski definition) is 4. The second-order valence-electron chi connectivity index (χ2n) is 5.81. The number of ether oxygens (including phenoxy) is 1. The van der Waals surface area contributed by atoms with E-state index in [4.69, 9.17) is 4.74 Å². The van der Waals surface area contributed by atoms with Gasteiger partial charge in [-0.05, 0) is 19.9 Å². The van der Waals surface area contributed by atoms with E-state index in [1.165, 1.54) is 25.3 Å². The number of nitrogens with zero attached hydrogens (tertiary/aromatic N) is 1. The summed E-state index contributed by atoms with van der Waals surface area (Å²) in [7, 11) is 1.45. The molecule has 7 nitrogen and oxygen atoms in total. The predicted molar refractivity (Wildman–Crippen MR) is 94.5 cm³/mol. The number of nitro benzene ring substituents is 1. The van der Waals surface area contributed by atoms with E-state index < -0.39 is 4.92 Å². The molecule has 2 aromatic rings. The standard InChI is InChI=1S/C18H21N3O4/c1-12(14-7-5-4-6-8-14)19-13(2)18(22)20-16-11-15(21(23)24)9-10-17(16)25-3/h4-13,19H,1-3H3,(H,20,22)/p+1/t12-,13-/m1/s1. The van der Waals surface area contributed by atoms with Gasteiger partial charge in [0, 0.05) is 17.7 Å². The Bertz CT molecular complexity index is 749. The summed E-state index contributed by atoms with van der Waals surface area (Å²) in [4.78, 5) is 22.9. The molecule has 0 fully saturated rings. The highest BCUT2D eigenvalue weighted by atomic mass is 16.6. The summed E-state index contributed by atoms with van der Waals surface area (Å²) in [6.07, 6.45) is 0. The molecule has 0 bridgehead atoms. The zero-order chi connectivity index (χ0) is 18.4. The first kappa shape index (κ1) is 18.4. The van der Waals surface area contributed by atoms with E-state index in [1.807, 2.05) is 42.6 Å². The van der Waals surface area contributed by atoms with E-state index >= 15 is 0 Å². The molecular formula is C18H22N3O4+. The second kappa shape index (κ2) is 8.25. The molecule has 0 radical (unpaired) electrons. The molecule has 0 spiro atoms. The Hall–Kier alpha value is -2.93. The fourth-order valence-corrected chi connectivity index (χ4v) is 2.54. The molecule has 7 heteroatoms. The number of hydrogen-bond donors (Lipinski definition) is 2. The maximum atomic E-state index is 12.5. The van der Waals surface area contributed by atoms with Gasteiger partial charge in [0.05, 0.1) is 17.7 Å². The zero-order valence-corrected chi connectivity index (χ0v) is 14.4. The summed E-state index contributed by atoms with van der Waals surface area (Å²) in [6, 6.07) is 13.7.